The second kappa shape index (κ2) is 5.31. The summed E-state index contributed by atoms with van der Waals surface area (Å²) in [6.07, 6.45) is 7.39. The highest BCUT2D eigenvalue weighted by atomic mass is 35.5. The number of hydrogen-bond acceptors (Lipinski definition) is 3. The van der Waals surface area contributed by atoms with Crippen LogP contribution in [0.15, 0.2) is 29.3 Å². The van der Waals surface area contributed by atoms with E-state index in [0.29, 0.717) is 5.82 Å². The number of aryl methyl sites for hydroxylation is 1. The smallest absolute Gasteiger partial charge is 0.254 e. The highest BCUT2D eigenvalue weighted by Gasteiger charge is 2.15. The van der Waals surface area contributed by atoms with E-state index in [9.17, 15) is 4.79 Å². The molecule has 3 rings (SSSR count). The molecule has 2 heterocycles. The van der Waals surface area contributed by atoms with Crippen molar-refractivity contribution >= 4 is 12.4 Å². The Kier molecular flexibility index (Phi) is 3.77. The number of hydrogen-bond donors (Lipinski definition) is 1. The normalized spacial score (nSPS) is 13.6. The number of aromatic amines is 1. The fourth-order valence-electron chi connectivity index (χ4n) is 2.24. The van der Waals surface area contributed by atoms with Crippen LogP contribution in [0.2, 0.25) is 0 Å². The lowest BCUT2D eigenvalue weighted by atomic mass is 9.97. The zero-order valence-corrected chi connectivity index (χ0v) is 10.7. The first-order chi connectivity index (χ1) is 8.34. The van der Waals surface area contributed by atoms with Gasteiger partial charge in [-0.2, -0.15) is 0 Å². The van der Waals surface area contributed by atoms with Crippen LogP contribution >= 0.6 is 12.4 Å². The molecular formula is C13H14ClN3O. The average Bonchev–Trinajstić information content (AvgIpc) is 2.40. The third kappa shape index (κ3) is 2.29. The summed E-state index contributed by atoms with van der Waals surface area (Å²) < 4.78 is 0. The lowest BCUT2D eigenvalue weighted by Crippen LogP contribution is -2.21. The molecule has 0 unspecified atom stereocenters. The molecule has 5 heteroatoms. The van der Waals surface area contributed by atoms with Gasteiger partial charge >= 0.3 is 0 Å². The number of nitrogens with one attached hydrogen (secondary N) is 1. The van der Waals surface area contributed by atoms with E-state index in [1.807, 2.05) is 12.1 Å². The molecule has 0 aromatic carbocycles. The van der Waals surface area contributed by atoms with Crippen molar-refractivity contribution in [1.29, 1.82) is 0 Å². The number of aromatic nitrogens is 3. The monoisotopic (exact) mass is 263 g/mol. The van der Waals surface area contributed by atoms with Gasteiger partial charge in [-0.1, -0.05) is 0 Å². The number of pyridine rings is 1. The number of H-pyrrole nitrogens is 1. The Morgan fingerprint density at radius 3 is 2.83 bits per heavy atom. The van der Waals surface area contributed by atoms with E-state index in [4.69, 9.17) is 0 Å². The van der Waals surface area contributed by atoms with Gasteiger partial charge in [0.05, 0.1) is 5.69 Å². The van der Waals surface area contributed by atoms with E-state index >= 15 is 0 Å². The quantitative estimate of drug-likeness (QED) is 0.858. The predicted octanol–water partition coefficient (Wildman–Crippen LogP) is 2.13. The Hall–Kier alpha value is -1.68. The van der Waals surface area contributed by atoms with Crippen LogP contribution in [0, 0.1) is 0 Å². The molecule has 4 nitrogen and oxygen atoms in total. The van der Waals surface area contributed by atoms with E-state index in [1.54, 1.807) is 12.4 Å². The molecule has 0 amide bonds. The van der Waals surface area contributed by atoms with E-state index in [1.165, 1.54) is 0 Å². The molecule has 0 atom stereocenters. The van der Waals surface area contributed by atoms with Crippen molar-refractivity contribution in [2.75, 3.05) is 0 Å². The number of rotatable bonds is 1. The van der Waals surface area contributed by atoms with Gasteiger partial charge in [0.25, 0.3) is 5.56 Å². The van der Waals surface area contributed by atoms with Crippen molar-refractivity contribution in [2.24, 2.45) is 0 Å². The first-order valence-corrected chi connectivity index (χ1v) is 5.87. The molecule has 1 aliphatic rings. The van der Waals surface area contributed by atoms with Crippen LogP contribution in [0.25, 0.3) is 11.4 Å². The molecule has 2 aromatic heterocycles. The zero-order valence-electron chi connectivity index (χ0n) is 9.85. The third-order valence-corrected chi connectivity index (χ3v) is 3.13. The topological polar surface area (TPSA) is 58.6 Å². The molecule has 0 aliphatic heterocycles. The lowest BCUT2D eigenvalue weighted by molar-refractivity contribution is 0.657. The van der Waals surface area contributed by atoms with Crippen LogP contribution in [0.4, 0.5) is 0 Å². The zero-order chi connectivity index (χ0) is 11.7. The molecule has 0 saturated heterocycles. The second-order valence-corrected chi connectivity index (χ2v) is 4.29. The first kappa shape index (κ1) is 12.8. The molecule has 0 radical (unpaired) electrons. The lowest BCUT2D eigenvalue weighted by Gasteiger charge is -2.14. The summed E-state index contributed by atoms with van der Waals surface area (Å²) in [4.78, 5) is 23.4. The largest absolute Gasteiger partial charge is 0.306 e. The van der Waals surface area contributed by atoms with Crippen molar-refractivity contribution in [2.45, 2.75) is 25.7 Å². The van der Waals surface area contributed by atoms with Gasteiger partial charge < -0.3 is 4.98 Å². The third-order valence-electron chi connectivity index (χ3n) is 3.13. The summed E-state index contributed by atoms with van der Waals surface area (Å²) in [6.45, 7) is 0. The fourth-order valence-corrected chi connectivity index (χ4v) is 2.24. The minimum atomic E-state index is 0. The van der Waals surface area contributed by atoms with Crippen LogP contribution < -0.4 is 5.56 Å². The molecule has 94 valence electrons. The van der Waals surface area contributed by atoms with Gasteiger partial charge in [0.15, 0.2) is 0 Å². The van der Waals surface area contributed by atoms with Gasteiger partial charge in [0, 0.05) is 23.5 Å². The van der Waals surface area contributed by atoms with Gasteiger partial charge in [-0.25, -0.2) is 4.98 Å². The van der Waals surface area contributed by atoms with Crippen molar-refractivity contribution in [3.05, 3.63) is 46.1 Å². The Balaban J connectivity index is 0.00000120. The number of halogens is 1. The van der Waals surface area contributed by atoms with Gasteiger partial charge in [-0.05, 0) is 37.8 Å². The summed E-state index contributed by atoms with van der Waals surface area (Å²) in [6, 6.07) is 3.75. The average molecular weight is 264 g/mol. The van der Waals surface area contributed by atoms with Gasteiger partial charge in [-0.15, -0.1) is 12.4 Å². The Morgan fingerprint density at radius 1 is 1.22 bits per heavy atom. The highest BCUT2D eigenvalue weighted by molar-refractivity contribution is 5.85. The maximum Gasteiger partial charge on any atom is 0.254 e. The molecule has 0 bridgehead atoms. The molecule has 2 aromatic rings. The van der Waals surface area contributed by atoms with E-state index < -0.39 is 0 Å². The van der Waals surface area contributed by atoms with Crippen molar-refractivity contribution in [3.63, 3.8) is 0 Å². The van der Waals surface area contributed by atoms with E-state index in [0.717, 1.165) is 42.5 Å². The molecule has 0 fully saturated rings. The SMILES string of the molecule is Cl.O=c1[nH]c(-c2cccnc2)nc2c1CCCC2. The molecular weight excluding hydrogens is 250 g/mol. The standard InChI is InChI=1S/C13H13N3O.ClH/c17-13-10-5-1-2-6-11(10)15-12(16-13)9-4-3-7-14-8-9;/h3-4,7-8H,1-2,5-6H2,(H,15,16,17);1H. The summed E-state index contributed by atoms with van der Waals surface area (Å²) in [5.74, 6) is 0.628. The predicted molar refractivity (Wildman–Crippen MR) is 72.0 cm³/mol. The Labute approximate surface area is 111 Å². The Morgan fingerprint density at radius 2 is 2.06 bits per heavy atom. The molecule has 18 heavy (non-hydrogen) atoms. The number of fused-ring (bicyclic) bond motifs is 1. The van der Waals surface area contributed by atoms with Crippen molar-refractivity contribution in [1.82, 2.24) is 15.0 Å². The van der Waals surface area contributed by atoms with Gasteiger partial charge in [0.1, 0.15) is 5.82 Å². The van der Waals surface area contributed by atoms with Crippen LogP contribution in [0.3, 0.4) is 0 Å². The molecule has 1 N–H and O–H groups in total. The summed E-state index contributed by atoms with van der Waals surface area (Å²) in [5.41, 5.74) is 2.69. The second-order valence-electron chi connectivity index (χ2n) is 4.29. The maximum atomic E-state index is 11.9. The van der Waals surface area contributed by atoms with Crippen molar-refractivity contribution in [3.8, 4) is 11.4 Å². The summed E-state index contributed by atoms with van der Waals surface area (Å²) in [5, 5.41) is 0. The minimum absolute atomic E-state index is 0. The first-order valence-electron chi connectivity index (χ1n) is 5.87. The van der Waals surface area contributed by atoms with Gasteiger partial charge in [0.2, 0.25) is 0 Å². The van der Waals surface area contributed by atoms with E-state index in [-0.39, 0.29) is 18.0 Å². The number of nitrogens with zero attached hydrogens (tertiary/aromatic N) is 2. The molecule has 1 aliphatic carbocycles. The minimum Gasteiger partial charge on any atom is -0.306 e. The van der Waals surface area contributed by atoms with E-state index in [2.05, 4.69) is 15.0 Å². The Bertz CT molecular complexity index is 595. The van der Waals surface area contributed by atoms with Crippen LogP contribution in [-0.4, -0.2) is 15.0 Å². The summed E-state index contributed by atoms with van der Waals surface area (Å²) in [7, 11) is 0. The highest BCUT2D eigenvalue weighted by Crippen LogP contribution is 2.19. The maximum absolute atomic E-state index is 11.9. The molecule has 0 saturated carbocycles. The van der Waals surface area contributed by atoms with Crippen LogP contribution in [0.5, 0.6) is 0 Å². The van der Waals surface area contributed by atoms with Crippen LogP contribution in [-0.2, 0) is 12.8 Å². The fraction of sp³-hybridized carbons (Fsp3) is 0.308. The van der Waals surface area contributed by atoms with Crippen molar-refractivity contribution < 1.29 is 0 Å². The molecule has 0 spiro atoms. The summed E-state index contributed by atoms with van der Waals surface area (Å²) >= 11 is 0. The van der Waals surface area contributed by atoms with Crippen LogP contribution in [0.1, 0.15) is 24.1 Å². The van der Waals surface area contributed by atoms with Gasteiger partial charge in [-0.3, -0.25) is 9.78 Å².